The van der Waals surface area contributed by atoms with Gasteiger partial charge in [0.15, 0.2) is 0 Å². The number of morpholine rings is 1. The zero-order valence-electron chi connectivity index (χ0n) is 13.3. The number of rotatable bonds is 5. The third-order valence-corrected chi connectivity index (χ3v) is 4.62. The second kappa shape index (κ2) is 6.90. The molecule has 1 aliphatic carbocycles. The molecule has 1 aliphatic heterocycles. The van der Waals surface area contributed by atoms with Gasteiger partial charge in [0.05, 0.1) is 12.1 Å². The first-order chi connectivity index (χ1) is 9.54. The van der Waals surface area contributed by atoms with E-state index in [2.05, 4.69) is 25.7 Å². The van der Waals surface area contributed by atoms with E-state index < -0.39 is 0 Å². The molecule has 2 rings (SSSR count). The Morgan fingerprint density at radius 2 is 2.15 bits per heavy atom. The van der Waals surface area contributed by atoms with Crippen LogP contribution in [0.1, 0.15) is 46.5 Å². The number of hydrogen-bond acceptors (Lipinski definition) is 3. The standard InChI is InChI=1S/C16H29NO3/c1-11(2)15-16(18)17(8-5-9-19-4)13-10-12(3)6-7-14(13)20-15/h11-15H,5-10H2,1-4H3/t12-,13?,14+,15?/m1/s1. The van der Waals surface area contributed by atoms with Crippen molar-refractivity contribution in [3.63, 3.8) is 0 Å². The van der Waals surface area contributed by atoms with Crippen LogP contribution in [0, 0.1) is 11.8 Å². The largest absolute Gasteiger partial charge is 0.385 e. The van der Waals surface area contributed by atoms with Crippen molar-refractivity contribution < 1.29 is 14.3 Å². The van der Waals surface area contributed by atoms with Gasteiger partial charge in [0.1, 0.15) is 6.10 Å². The van der Waals surface area contributed by atoms with E-state index in [1.54, 1.807) is 7.11 Å². The molecule has 1 heterocycles. The minimum atomic E-state index is -0.257. The van der Waals surface area contributed by atoms with Crippen LogP contribution in [0.2, 0.25) is 0 Å². The Balaban J connectivity index is 2.10. The van der Waals surface area contributed by atoms with Crippen molar-refractivity contribution in [2.24, 2.45) is 11.8 Å². The van der Waals surface area contributed by atoms with E-state index >= 15 is 0 Å². The van der Waals surface area contributed by atoms with Gasteiger partial charge in [-0.05, 0) is 37.5 Å². The van der Waals surface area contributed by atoms with Crippen LogP contribution in [0.4, 0.5) is 0 Å². The molecule has 2 fully saturated rings. The van der Waals surface area contributed by atoms with Crippen LogP contribution in [0.5, 0.6) is 0 Å². The summed E-state index contributed by atoms with van der Waals surface area (Å²) in [4.78, 5) is 14.8. The van der Waals surface area contributed by atoms with Crippen LogP contribution < -0.4 is 0 Å². The maximum Gasteiger partial charge on any atom is 0.252 e. The summed E-state index contributed by atoms with van der Waals surface area (Å²) in [7, 11) is 1.71. The van der Waals surface area contributed by atoms with E-state index in [1.807, 2.05) is 0 Å². The van der Waals surface area contributed by atoms with Crippen LogP contribution >= 0.6 is 0 Å². The summed E-state index contributed by atoms with van der Waals surface area (Å²) in [5.41, 5.74) is 0. The lowest BCUT2D eigenvalue weighted by Gasteiger charge is -2.48. The van der Waals surface area contributed by atoms with E-state index in [1.165, 1.54) is 6.42 Å². The van der Waals surface area contributed by atoms with E-state index in [9.17, 15) is 4.79 Å². The fourth-order valence-corrected chi connectivity index (χ4v) is 3.48. The summed E-state index contributed by atoms with van der Waals surface area (Å²) in [6.07, 6.45) is 4.26. The molecule has 0 spiro atoms. The number of amides is 1. The van der Waals surface area contributed by atoms with Crippen LogP contribution in [-0.4, -0.2) is 49.3 Å². The lowest BCUT2D eigenvalue weighted by molar-refractivity contribution is -0.184. The van der Waals surface area contributed by atoms with Gasteiger partial charge in [-0.3, -0.25) is 4.79 Å². The van der Waals surface area contributed by atoms with E-state index in [0.717, 1.165) is 25.8 Å². The molecular weight excluding hydrogens is 254 g/mol. The summed E-state index contributed by atoms with van der Waals surface area (Å²) >= 11 is 0. The van der Waals surface area contributed by atoms with Crippen molar-refractivity contribution in [1.82, 2.24) is 4.90 Å². The highest BCUT2D eigenvalue weighted by molar-refractivity contribution is 5.82. The van der Waals surface area contributed by atoms with Gasteiger partial charge in [-0.25, -0.2) is 0 Å². The maximum absolute atomic E-state index is 12.7. The van der Waals surface area contributed by atoms with Crippen LogP contribution in [-0.2, 0) is 14.3 Å². The van der Waals surface area contributed by atoms with Crippen LogP contribution in [0.25, 0.3) is 0 Å². The Morgan fingerprint density at radius 1 is 1.40 bits per heavy atom. The van der Waals surface area contributed by atoms with Gasteiger partial charge in [0, 0.05) is 20.3 Å². The molecule has 1 amide bonds. The Morgan fingerprint density at radius 3 is 2.80 bits per heavy atom. The number of methoxy groups -OCH3 is 1. The number of carbonyl (C=O) groups is 1. The molecule has 116 valence electrons. The Bertz CT molecular complexity index is 332. The molecule has 20 heavy (non-hydrogen) atoms. The predicted octanol–water partition coefficient (Wildman–Crippen LogP) is 2.46. The molecule has 0 N–H and O–H groups in total. The fourth-order valence-electron chi connectivity index (χ4n) is 3.48. The van der Waals surface area contributed by atoms with Crippen molar-refractivity contribution in [1.29, 1.82) is 0 Å². The Labute approximate surface area is 122 Å². The molecule has 0 aromatic carbocycles. The first kappa shape index (κ1) is 15.8. The quantitative estimate of drug-likeness (QED) is 0.728. The molecule has 1 saturated heterocycles. The summed E-state index contributed by atoms with van der Waals surface area (Å²) in [5.74, 6) is 1.12. The lowest BCUT2D eigenvalue weighted by atomic mass is 9.82. The number of hydrogen-bond donors (Lipinski definition) is 0. The van der Waals surface area contributed by atoms with Gasteiger partial charge in [0.2, 0.25) is 0 Å². The molecule has 2 aliphatic rings. The zero-order valence-corrected chi connectivity index (χ0v) is 13.3. The van der Waals surface area contributed by atoms with Crippen molar-refractivity contribution in [3.05, 3.63) is 0 Å². The van der Waals surface area contributed by atoms with Crippen LogP contribution in [0.3, 0.4) is 0 Å². The SMILES string of the molecule is COCCCN1C(=O)C(C(C)C)O[C@H]2CC[C@@H](C)CC21. The highest BCUT2D eigenvalue weighted by Gasteiger charge is 2.45. The minimum absolute atomic E-state index is 0.187. The number of fused-ring (bicyclic) bond motifs is 1. The molecule has 0 bridgehead atoms. The van der Waals surface area contributed by atoms with Gasteiger partial charge < -0.3 is 14.4 Å². The second-order valence-corrected chi connectivity index (χ2v) is 6.70. The summed E-state index contributed by atoms with van der Waals surface area (Å²) in [6.45, 7) is 7.93. The predicted molar refractivity (Wildman–Crippen MR) is 78.5 cm³/mol. The molecule has 0 aromatic heterocycles. The molecule has 4 heteroatoms. The number of nitrogens with zero attached hydrogens (tertiary/aromatic N) is 1. The average Bonchev–Trinajstić information content (AvgIpc) is 2.41. The smallest absolute Gasteiger partial charge is 0.252 e. The van der Waals surface area contributed by atoms with Crippen molar-refractivity contribution >= 4 is 5.91 Å². The van der Waals surface area contributed by atoms with Crippen molar-refractivity contribution in [2.75, 3.05) is 20.3 Å². The Kier molecular flexibility index (Phi) is 5.44. The normalized spacial score (nSPS) is 34.5. The first-order valence-corrected chi connectivity index (χ1v) is 7.99. The molecule has 4 nitrogen and oxygen atoms in total. The Hall–Kier alpha value is -0.610. The lowest BCUT2D eigenvalue weighted by Crippen LogP contribution is -2.61. The van der Waals surface area contributed by atoms with Gasteiger partial charge in [-0.1, -0.05) is 20.8 Å². The third-order valence-electron chi connectivity index (χ3n) is 4.62. The number of ether oxygens (including phenoxy) is 2. The topological polar surface area (TPSA) is 38.8 Å². The fraction of sp³-hybridized carbons (Fsp3) is 0.938. The van der Waals surface area contributed by atoms with Crippen molar-refractivity contribution in [2.45, 2.75) is 64.7 Å². The molecule has 2 unspecified atom stereocenters. The van der Waals surface area contributed by atoms with E-state index in [-0.39, 0.29) is 30.1 Å². The average molecular weight is 283 g/mol. The van der Waals surface area contributed by atoms with Gasteiger partial charge in [-0.15, -0.1) is 0 Å². The molecule has 0 radical (unpaired) electrons. The van der Waals surface area contributed by atoms with Gasteiger partial charge in [-0.2, -0.15) is 0 Å². The molecule has 1 saturated carbocycles. The highest BCUT2D eigenvalue weighted by Crippen LogP contribution is 2.35. The monoisotopic (exact) mass is 283 g/mol. The van der Waals surface area contributed by atoms with E-state index in [4.69, 9.17) is 9.47 Å². The molecular formula is C16H29NO3. The van der Waals surface area contributed by atoms with Gasteiger partial charge in [0.25, 0.3) is 5.91 Å². The minimum Gasteiger partial charge on any atom is -0.385 e. The maximum atomic E-state index is 12.7. The molecule has 0 aromatic rings. The van der Waals surface area contributed by atoms with Gasteiger partial charge >= 0.3 is 0 Å². The molecule has 4 atom stereocenters. The first-order valence-electron chi connectivity index (χ1n) is 7.99. The van der Waals surface area contributed by atoms with Crippen LogP contribution in [0.15, 0.2) is 0 Å². The third kappa shape index (κ3) is 3.34. The highest BCUT2D eigenvalue weighted by atomic mass is 16.5. The zero-order chi connectivity index (χ0) is 14.7. The summed E-state index contributed by atoms with van der Waals surface area (Å²) in [5, 5.41) is 0. The number of carbonyl (C=O) groups excluding carboxylic acids is 1. The summed E-state index contributed by atoms with van der Waals surface area (Å²) in [6, 6.07) is 0.276. The summed E-state index contributed by atoms with van der Waals surface area (Å²) < 4.78 is 11.3. The van der Waals surface area contributed by atoms with Crippen molar-refractivity contribution in [3.8, 4) is 0 Å². The van der Waals surface area contributed by atoms with E-state index in [0.29, 0.717) is 12.5 Å². The second-order valence-electron chi connectivity index (χ2n) is 6.70.